The number of carbonyl (C=O) groups excluding carboxylic acids is 2. The van der Waals surface area contributed by atoms with Crippen LogP contribution in [-0.2, 0) is 23.8 Å². The second kappa shape index (κ2) is 13.2. The summed E-state index contributed by atoms with van der Waals surface area (Å²) in [6, 6.07) is 7.71. The molecule has 172 valence electrons. The number of hydrogen-bond donors (Lipinski definition) is 0. The van der Waals surface area contributed by atoms with Gasteiger partial charge in [0, 0.05) is 47.1 Å². The molecule has 0 bridgehead atoms. The van der Waals surface area contributed by atoms with E-state index >= 15 is 0 Å². The summed E-state index contributed by atoms with van der Waals surface area (Å²) >= 11 is 0. The highest BCUT2D eigenvalue weighted by Crippen LogP contribution is 2.32. The van der Waals surface area contributed by atoms with Crippen molar-refractivity contribution < 1.29 is 23.8 Å². The van der Waals surface area contributed by atoms with E-state index in [1.54, 1.807) is 14.2 Å². The van der Waals surface area contributed by atoms with Gasteiger partial charge in [-0.15, -0.1) is 0 Å². The quantitative estimate of drug-likeness (QED) is 0.314. The molecule has 1 aromatic carbocycles. The lowest BCUT2D eigenvalue weighted by atomic mass is 10.0. The Bertz CT molecular complexity index is 737. The summed E-state index contributed by atoms with van der Waals surface area (Å²) in [4.78, 5) is 30.0. The van der Waals surface area contributed by atoms with Crippen molar-refractivity contribution in [2.75, 3.05) is 60.3 Å². The van der Waals surface area contributed by atoms with Crippen LogP contribution in [0.2, 0.25) is 0 Å². The zero-order valence-corrected chi connectivity index (χ0v) is 19.3. The van der Waals surface area contributed by atoms with Crippen molar-refractivity contribution in [2.24, 2.45) is 0 Å². The molecule has 2 rings (SSSR count). The largest absolute Gasteiger partial charge is 0.383 e. The zero-order valence-electron chi connectivity index (χ0n) is 19.3. The number of amides is 2. The molecular formula is C24H36N2O5. The van der Waals surface area contributed by atoms with Crippen molar-refractivity contribution in [1.29, 1.82) is 0 Å². The molecule has 0 saturated heterocycles. The lowest BCUT2D eigenvalue weighted by Gasteiger charge is -2.25. The van der Waals surface area contributed by atoms with Crippen LogP contribution < -0.4 is 0 Å². The minimum absolute atomic E-state index is 0.253. The topological polar surface area (TPSA) is 68.3 Å². The van der Waals surface area contributed by atoms with Crippen molar-refractivity contribution in [3.63, 3.8) is 0 Å². The highest BCUT2D eigenvalue weighted by atomic mass is 16.5. The third-order valence-electron chi connectivity index (χ3n) is 5.24. The number of carbonyl (C=O) groups is 2. The van der Waals surface area contributed by atoms with E-state index < -0.39 is 0 Å². The first-order chi connectivity index (χ1) is 15.0. The monoisotopic (exact) mass is 432 g/mol. The van der Waals surface area contributed by atoms with Gasteiger partial charge in [0.15, 0.2) is 0 Å². The third kappa shape index (κ3) is 6.89. The number of nitrogens with zero attached hydrogens (tertiary/aromatic N) is 2. The van der Waals surface area contributed by atoms with Crippen molar-refractivity contribution in [2.45, 2.75) is 33.1 Å². The SMILES string of the molecule is CCCCOCCCN1C(=O)C(c2ccc(C)cc2)=C(N(CCOC)CCOC)C1=O. The maximum atomic E-state index is 13.4. The molecule has 0 aromatic heterocycles. The fourth-order valence-electron chi connectivity index (χ4n) is 3.45. The predicted octanol–water partition coefficient (Wildman–Crippen LogP) is 2.88. The van der Waals surface area contributed by atoms with Gasteiger partial charge in [-0.2, -0.15) is 0 Å². The van der Waals surface area contributed by atoms with E-state index in [0.29, 0.717) is 63.8 Å². The number of aryl methyl sites for hydroxylation is 1. The molecule has 1 heterocycles. The molecule has 0 fully saturated rings. The summed E-state index contributed by atoms with van der Waals surface area (Å²) in [5, 5.41) is 0. The number of imide groups is 1. The molecule has 1 aliphatic heterocycles. The van der Waals surface area contributed by atoms with E-state index in [1.165, 1.54) is 4.90 Å². The Morgan fingerprint density at radius 3 is 2.06 bits per heavy atom. The molecule has 0 N–H and O–H groups in total. The summed E-state index contributed by atoms with van der Waals surface area (Å²) < 4.78 is 16.1. The minimum atomic E-state index is -0.263. The van der Waals surface area contributed by atoms with Crippen LogP contribution in [-0.4, -0.2) is 81.9 Å². The van der Waals surface area contributed by atoms with Crippen molar-refractivity contribution in [3.8, 4) is 0 Å². The summed E-state index contributed by atoms with van der Waals surface area (Å²) in [6.45, 7) is 7.57. The Hall–Kier alpha value is -2.22. The van der Waals surface area contributed by atoms with Crippen molar-refractivity contribution >= 4 is 17.4 Å². The first-order valence-corrected chi connectivity index (χ1v) is 11.0. The van der Waals surface area contributed by atoms with E-state index in [9.17, 15) is 9.59 Å². The summed E-state index contributed by atoms with van der Waals surface area (Å²) in [6.07, 6.45) is 2.71. The van der Waals surface area contributed by atoms with E-state index in [1.807, 2.05) is 36.1 Å². The molecule has 7 nitrogen and oxygen atoms in total. The van der Waals surface area contributed by atoms with Crippen LogP contribution in [0.3, 0.4) is 0 Å². The number of rotatable bonds is 15. The normalized spacial score (nSPS) is 14.1. The average molecular weight is 433 g/mol. The first kappa shape index (κ1) is 25.0. The Morgan fingerprint density at radius 1 is 0.871 bits per heavy atom. The third-order valence-corrected chi connectivity index (χ3v) is 5.24. The van der Waals surface area contributed by atoms with Crippen LogP contribution in [0.5, 0.6) is 0 Å². The lowest BCUT2D eigenvalue weighted by Crippen LogP contribution is -2.38. The standard InChI is InChI=1S/C24H36N2O5/c1-5-6-15-31-16-7-12-26-23(27)21(20-10-8-19(2)9-11-20)22(24(26)28)25(13-17-29-3)14-18-30-4/h8-11H,5-7,12-18H2,1-4H3. The summed E-state index contributed by atoms with van der Waals surface area (Å²) in [5.74, 6) is -0.515. The number of ether oxygens (including phenoxy) is 3. The van der Waals surface area contributed by atoms with Gasteiger partial charge in [0.1, 0.15) is 5.70 Å². The van der Waals surface area contributed by atoms with Gasteiger partial charge in [-0.1, -0.05) is 43.2 Å². The zero-order chi connectivity index (χ0) is 22.6. The Kier molecular flexibility index (Phi) is 10.7. The maximum Gasteiger partial charge on any atom is 0.277 e. The van der Waals surface area contributed by atoms with Crippen LogP contribution in [0.15, 0.2) is 30.0 Å². The fourth-order valence-corrected chi connectivity index (χ4v) is 3.45. The number of hydrogen-bond acceptors (Lipinski definition) is 6. The van der Waals surface area contributed by atoms with Crippen molar-refractivity contribution in [3.05, 3.63) is 41.1 Å². The Morgan fingerprint density at radius 2 is 1.48 bits per heavy atom. The average Bonchev–Trinajstić information content (AvgIpc) is 3.01. The highest BCUT2D eigenvalue weighted by Gasteiger charge is 2.41. The van der Waals surface area contributed by atoms with Gasteiger partial charge in [-0.3, -0.25) is 14.5 Å². The van der Waals surface area contributed by atoms with Crippen LogP contribution in [0, 0.1) is 6.92 Å². The minimum Gasteiger partial charge on any atom is -0.383 e. The van der Waals surface area contributed by atoms with Gasteiger partial charge in [0.2, 0.25) is 0 Å². The molecular weight excluding hydrogens is 396 g/mol. The Balaban J connectivity index is 2.28. The number of unbranched alkanes of at least 4 members (excludes halogenated alkanes) is 1. The molecule has 0 aliphatic carbocycles. The van der Waals surface area contributed by atoms with E-state index in [4.69, 9.17) is 14.2 Å². The molecule has 0 spiro atoms. The highest BCUT2D eigenvalue weighted by molar-refractivity contribution is 6.35. The second-order valence-corrected chi connectivity index (χ2v) is 7.64. The van der Waals surface area contributed by atoms with Gasteiger partial charge < -0.3 is 19.1 Å². The lowest BCUT2D eigenvalue weighted by molar-refractivity contribution is -0.137. The molecule has 1 aromatic rings. The van der Waals surface area contributed by atoms with E-state index in [0.717, 1.165) is 24.0 Å². The molecule has 0 atom stereocenters. The maximum absolute atomic E-state index is 13.4. The summed E-state index contributed by atoms with van der Waals surface area (Å²) in [7, 11) is 3.24. The van der Waals surface area contributed by atoms with Gasteiger partial charge in [0.05, 0.1) is 18.8 Å². The first-order valence-electron chi connectivity index (χ1n) is 11.0. The molecule has 7 heteroatoms. The van der Waals surface area contributed by atoms with Gasteiger partial charge in [0.25, 0.3) is 11.8 Å². The van der Waals surface area contributed by atoms with Crippen LogP contribution in [0.4, 0.5) is 0 Å². The van der Waals surface area contributed by atoms with Gasteiger partial charge in [-0.25, -0.2) is 0 Å². The molecule has 0 radical (unpaired) electrons. The fraction of sp³-hybridized carbons (Fsp3) is 0.583. The molecule has 1 aliphatic rings. The van der Waals surface area contributed by atoms with Crippen LogP contribution in [0.25, 0.3) is 5.57 Å². The van der Waals surface area contributed by atoms with Crippen LogP contribution >= 0.6 is 0 Å². The van der Waals surface area contributed by atoms with Gasteiger partial charge >= 0.3 is 0 Å². The predicted molar refractivity (Wildman–Crippen MR) is 120 cm³/mol. The Labute approximate surface area is 185 Å². The molecule has 2 amide bonds. The number of benzene rings is 1. The van der Waals surface area contributed by atoms with Gasteiger partial charge in [-0.05, 0) is 25.3 Å². The van der Waals surface area contributed by atoms with E-state index in [-0.39, 0.29) is 11.8 Å². The molecule has 31 heavy (non-hydrogen) atoms. The number of methoxy groups -OCH3 is 2. The van der Waals surface area contributed by atoms with Crippen LogP contribution in [0.1, 0.15) is 37.3 Å². The molecule has 0 saturated carbocycles. The summed E-state index contributed by atoms with van der Waals surface area (Å²) in [5.41, 5.74) is 2.72. The molecule has 0 unspecified atom stereocenters. The van der Waals surface area contributed by atoms with E-state index in [2.05, 4.69) is 6.92 Å². The smallest absolute Gasteiger partial charge is 0.277 e. The second-order valence-electron chi connectivity index (χ2n) is 7.64. The van der Waals surface area contributed by atoms with Crippen molar-refractivity contribution in [1.82, 2.24) is 9.80 Å².